The van der Waals surface area contributed by atoms with Gasteiger partial charge in [0.1, 0.15) is 23.7 Å². The van der Waals surface area contributed by atoms with E-state index in [0.717, 1.165) is 4.73 Å². The number of hydrogen-bond donors (Lipinski definition) is 2. The predicted octanol–water partition coefficient (Wildman–Crippen LogP) is 6.00. The van der Waals surface area contributed by atoms with Gasteiger partial charge in [-0.1, -0.05) is 59.8 Å². The van der Waals surface area contributed by atoms with Crippen LogP contribution in [0.3, 0.4) is 0 Å². The lowest BCUT2D eigenvalue weighted by Gasteiger charge is -2.10. The third-order valence-corrected chi connectivity index (χ3v) is 6.05. The minimum Gasteiger partial charge on any atom is -0.490 e. The van der Waals surface area contributed by atoms with Crippen molar-refractivity contribution in [3.05, 3.63) is 76.9 Å². The second kappa shape index (κ2) is 10.5. The van der Waals surface area contributed by atoms with E-state index in [4.69, 9.17) is 32.9 Å². The number of aliphatic hydroxyl groups is 1. The van der Waals surface area contributed by atoms with E-state index in [2.05, 4.69) is 16.5 Å². The Balaban J connectivity index is 1.97. The fourth-order valence-electron chi connectivity index (χ4n) is 3.40. The van der Waals surface area contributed by atoms with Gasteiger partial charge in [-0.05, 0) is 42.2 Å². The van der Waals surface area contributed by atoms with Gasteiger partial charge in [-0.2, -0.15) is 4.73 Å². The molecule has 0 aliphatic rings. The minimum atomic E-state index is -0.223. The number of nitrogens with zero attached hydrogens (tertiary/aromatic N) is 4. The highest BCUT2D eigenvalue weighted by molar-refractivity contribution is 7.98. The molecule has 0 aliphatic heterocycles. The summed E-state index contributed by atoms with van der Waals surface area (Å²) in [6.07, 6.45) is 5.16. The molecule has 0 radical (unpaired) electrons. The maximum absolute atomic E-state index is 11.3. The summed E-state index contributed by atoms with van der Waals surface area (Å²) in [7, 11) is 0. The molecule has 174 valence electrons. The lowest BCUT2D eigenvalue weighted by atomic mass is 10.1. The molecular weight excluding hydrogens is 495 g/mol. The molecule has 2 aromatic heterocycles. The fourth-order valence-corrected chi connectivity index (χ4v) is 4.46. The Hall–Kier alpha value is -3.04. The van der Waals surface area contributed by atoms with Gasteiger partial charge in [0.05, 0.1) is 27.9 Å². The van der Waals surface area contributed by atoms with E-state index in [1.54, 1.807) is 36.5 Å². The molecule has 0 saturated carbocycles. The lowest BCUT2D eigenvalue weighted by molar-refractivity contribution is 0.195. The Morgan fingerprint density at radius 3 is 2.59 bits per heavy atom. The molecule has 34 heavy (non-hydrogen) atoms. The highest BCUT2D eigenvalue weighted by atomic mass is 35.5. The standard InChI is InChI=1S/C24H20Cl2N4O3S/c1-3-9-33-16-6-4-5-15(12-16)22-21(19-7-8-27-24(28-19)34-2)29-23(30(22)32)20-17(25)10-14(13-31)11-18(20)26/h3-8,10-12,31-32H,1,9,13H2,2H3. The number of halogens is 2. The first kappa shape index (κ1) is 24.1. The molecule has 0 amide bonds. The monoisotopic (exact) mass is 514 g/mol. The largest absolute Gasteiger partial charge is 0.490 e. The van der Waals surface area contributed by atoms with Gasteiger partial charge in [0.25, 0.3) is 0 Å². The van der Waals surface area contributed by atoms with E-state index >= 15 is 0 Å². The smallest absolute Gasteiger partial charge is 0.187 e. The quantitative estimate of drug-likeness (QED) is 0.129. The summed E-state index contributed by atoms with van der Waals surface area (Å²) in [6.45, 7) is 3.79. The normalized spacial score (nSPS) is 10.9. The van der Waals surface area contributed by atoms with Gasteiger partial charge in [0.2, 0.25) is 0 Å². The van der Waals surface area contributed by atoms with Crippen LogP contribution in [0.1, 0.15) is 5.56 Å². The summed E-state index contributed by atoms with van der Waals surface area (Å²) in [4.78, 5) is 13.5. The van der Waals surface area contributed by atoms with Crippen molar-refractivity contribution < 1.29 is 15.1 Å². The Kier molecular flexibility index (Phi) is 7.43. The first-order valence-corrected chi connectivity index (χ1v) is 12.1. The number of aliphatic hydroxyl groups excluding tert-OH is 1. The number of aromatic nitrogens is 4. The molecule has 4 aromatic rings. The van der Waals surface area contributed by atoms with Gasteiger partial charge in [-0.15, -0.1) is 0 Å². The molecule has 2 heterocycles. The molecule has 0 aliphatic carbocycles. The number of thioether (sulfide) groups is 1. The molecule has 0 atom stereocenters. The van der Waals surface area contributed by atoms with Crippen molar-refractivity contribution in [3.63, 3.8) is 0 Å². The lowest BCUT2D eigenvalue weighted by Crippen LogP contribution is -2.00. The first-order chi connectivity index (χ1) is 16.5. The average molecular weight is 515 g/mol. The van der Waals surface area contributed by atoms with E-state index in [-0.39, 0.29) is 22.5 Å². The van der Waals surface area contributed by atoms with E-state index in [1.807, 2.05) is 24.5 Å². The first-order valence-electron chi connectivity index (χ1n) is 10.1. The predicted molar refractivity (Wildman–Crippen MR) is 135 cm³/mol. The molecule has 2 N–H and O–H groups in total. The highest BCUT2D eigenvalue weighted by Gasteiger charge is 2.25. The zero-order valence-electron chi connectivity index (χ0n) is 18.1. The van der Waals surface area contributed by atoms with Crippen molar-refractivity contribution in [3.8, 4) is 39.8 Å². The van der Waals surface area contributed by atoms with Crippen LogP contribution in [0.2, 0.25) is 10.0 Å². The van der Waals surface area contributed by atoms with Crippen molar-refractivity contribution in [2.24, 2.45) is 0 Å². The third-order valence-electron chi connectivity index (χ3n) is 4.90. The number of benzene rings is 2. The van der Waals surface area contributed by atoms with Crippen molar-refractivity contribution in [1.82, 2.24) is 19.7 Å². The Bertz CT molecular complexity index is 1340. The third kappa shape index (κ3) is 4.76. The summed E-state index contributed by atoms with van der Waals surface area (Å²) in [5.74, 6) is 0.730. The molecular formula is C24H20Cl2N4O3S. The molecule has 0 saturated heterocycles. The average Bonchev–Trinajstić information content (AvgIpc) is 3.19. The van der Waals surface area contributed by atoms with Crippen LogP contribution in [-0.2, 0) is 6.61 Å². The molecule has 7 nitrogen and oxygen atoms in total. The van der Waals surface area contributed by atoms with E-state index in [0.29, 0.717) is 51.3 Å². The van der Waals surface area contributed by atoms with Gasteiger partial charge in [0, 0.05) is 11.8 Å². The minimum absolute atomic E-state index is 0.131. The van der Waals surface area contributed by atoms with Crippen LogP contribution in [0.5, 0.6) is 5.75 Å². The Morgan fingerprint density at radius 1 is 1.15 bits per heavy atom. The van der Waals surface area contributed by atoms with Crippen molar-refractivity contribution in [2.75, 3.05) is 12.9 Å². The van der Waals surface area contributed by atoms with Gasteiger partial charge >= 0.3 is 0 Å². The second-order valence-electron chi connectivity index (χ2n) is 7.09. The topological polar surface area (TPSA) is 93.3 Å². The Morgan fingerprint density at radius 2 is 1.91 bits per heavy atom. The molecule has 4 rings (SSSR count). The summed E-state index contributed by atoms with van der Waals surface area (Å²) in [5.41, 5.74) is 2.82. The molecule has 0 unspecified atom stereocenters. The van der Waals surface area contributed by atoms with E-state index in [1.165, 1.54) is 11.8 Å². The van der Waals surface area contributed by atoms with Gasteiger partial charge in [-0.3, -0.25) is 0 Å². The maximum Gasteiger partial charge on any atom is 0.187 e. The molecule has 0 spiro atoms. The van der Waals surface area contributed by atoms with Gasteiger partial charge < -0.3 is 15.1 Å². The summed E-state index contributed by atoms with van der Waals surface area (Å²) in [5, 5.41) is 21.8. The van der Waals surface area contributed by atoms with E-state index in [9.17, 15) is 10.3 Å². The number of ether oxygens (including phenoxy) is 1. The molecule has 0 fully saturated rings. The second-order valence-corrected chi connectivity index (χ2v) is 8.68. The van der Waals surface area contributed by atoms with Crippen LogP contribution in [0.15, 0.2) is 66.5 Å². The molecule has 10 heteroatoms. The summed E-state index contributed by atoms with van der Waals surface area (Å²) >= 11 is 14.4. The molecule has 2 aromatic carbocycles. The van der Waals surface area contributed by atoms with Crippen LogP contribution in [-0.4, -0.2) is 42.9 Å². The highest BCUT2D eigenvalue weighted by Crippen LogP contribution is 2.41. The number of imidazole rings is 1. The van der Waals surface area contributed by atoms with Crippen LogP contribution in [0, 0.1) is 0 Å². The number of hydrogen-bond acceptors (Lipinski definition) is 7. The van der Waals surface area contributed by atoms with Crippen LogP contribution in [0.25, 0.3) is 34.0 Å². The fraction of sp³-hybridized carbons (Fsp3) is 0.125. The summed E-state index contributed by atoms with van der Waals surface area (Å²) < 4.78 is 6.61. The summed E-state index contributed by atoms with van der Waals surface area (Å²) in [6, 6.07) is 12.1. The van der Waals surface area contributed by atoms with Crippen molar-refractivity contribution in [2.45, 2.75) is 11.8 Å². The zero-order valence-corrected chi connectivity index (χ0v) is 20.4. The zero-order chi connectivity index (χ0) is 24.2. The van der Waals surface area contributed by atoms with Crippen molar-refractivity contribution in [1.29, 1.82) is 0 Å². The van der Waals surface area contributed by atoms with E-state index < -0.39 is 0 Å². The SMILES string of the molecule is C=CCOc1cccc(-c2c(-c3ccnc(SC)n3)nc(-c3c(Cl)cc(CO)cc3Cl)n2O)c1. The van der Waals surface area contributed by atoms with Crippen LogP contribution < -0.4 is 4.74 Å². The number of rotatable bonds is 8. The van der Waals surface area contributed by atoms with Gasteiger partial charge in [-0.25, -0.2) is 15.0 Å². The van der Waals surface area contributed by atoms with Gasteiger partial charge in [0.15, 0.2) is 11.0 Å². The van der Waals surface area contributed by atoms with Crippen molar-refractivity contribution >= 4 is 35.0 Å². The Labute approximate surface area is 210 Å². The maximum atomic E-state index is 11.3. The van der Waals surface area contributed by atoms with Crippen LogP contribution in [0.4, 0.5) is 0 Å². The van der Waals surface area contributed by atoms with Crippen LogP contribution >= 0.6 is 35.0 Å². The molecule has 0 bridgehead atoms.